The number of hydrogen-bond acceptors (Lipinski definition) is 2. The van der Waals surface area contributed by atoms with Crippen LogP contribution in [0.4, 0.5) is 4.39 Å². The zero-order valence-electron chi connectivity index (χ0n) is 12.2. The highest BCUT2D eigenvalue weighted by Gasteiger charge is 2.19. The first-order valence-electron chi connectivity index (χ1n) is 7.56. The molecule has 1 aromatic rings. The topological polar surface area (TPSA) is 15.3 Å². The molecule has 0 aliphatic carbocycles. The van der Waals surface area contributed by atoms with Gasteiger partial charge in [-0.2, -0.15) is 0 Å². The van der Waals surface area contributed by atoms with Crippen molar-refractivity contribution in [3.63, 3.8) is 0 Å². The van der Waals surface area contributed by atoms with Crippen LogP contribution in [0.5, 0.6) is 0 Å². The monoisotopic (exact) mass is 342 g/mol. The Morgan fingerprint density at radius 1 is 1.35 bits per heavy atom. The number of rotatable bonds is 6. The third-order valence-corrected chi connectivity index (χ3v) is 4.46. The molecule has 0 radical (unpaired) electrons. The van der Waals surface area contributed by atoms with Gasteiger partial charge in [0.1, 0.15) is 5.82 Å². The van der Waals surface area contributed by atoms with Crippen LogP contribution in [-0.4, -0.2) is 31.1 Å². The quantitative estimate of drug-likeness (QED) is 0.791. The van der Waals surface area contributed by atoms with Gasteiger partial charge in [0, 0.05) is 16.6 Å². The maximum atomic E-state index is 13.7. The van der Waals surface area contributed by atoms with Crippen LogP contribution in [-0.2, 0) is 6.54 Å². The molecule has 0 spiro atoms. The predicted octanol–water partition coefficient (Wildman–Crippen LogP) is 3.80. The van der Waals surface area contributed by atoms with E-state index in [9.17, 15) is 4.39 Å². The Morgan fingerprint density at radius 3 is 2.80 bits per heavy atom. The minimum atomic E-state index is -0.0973. The summed E-state index contributed by atoms with van der Waals surface area (Å²) >= 11 is 3.41. The second-order valence-corrected chi connectivity index (χ2v) is 6.58. The Hall–Kier alpha value is -0.450. The Bertz CT molecular complexity index is 417. The van der Waals surface area contributed by atoms with E-state index in [0.29, 0.717) is 0 Å². The summed E-state index contributed by atoms with van der Waals surface area (Å²) in [5.74, 6) is 0.685. The first-order chi connectivity index (χ1) is 9.69. The molecular formula is C16H24BrFN2. The minimum absolute atomic E-state index is 0.0973. The number of nitrogens with zero attached hydrogens (tertiary/aromatic N) is 1. The molecule has 1 fully saturated rings. The van der Waals surface area contributed by atoms with Gasteiger partial charge >= 0.3 is 0 Å². The maximum absolute atomic E-state index is 13.7. The van der Waals surface area contributed by atoms with Crippen molar-refractivity contribution in [2.45, 2.75) is 32.7 Å². The van der Waals surface area contributed by atoms with E-state index in [4.69, 9.17) is 0 Å². The maximum Gasteiger partial charge on any atom is 0.127 e. The molecule has 0 atom stereocenters. The van der Waals surface area contributed by atoms with Crippen molar-refractivity contribution in [2.24, 2.45) is 5.92 Å². The van der Waals surface area contributed by atoms with E-state index in [-0.39, 0.29) is 5.82 Å². The van der Waals surface area contributed by atoms with Crippen LogP contribution in [0.15, 0.2) is 22.7 Å². The third kappa shape index (κ3) is 4.83. The zero-order valence-corrected chi connectivity index (χ0v) is 13.8. The number of hydrogen-bond donors (Lipinski definition) is 1. The second kappa shape index (κ2) is 8.11. The molecule has 0 amide bonds. The normalized spacial score (nSPS) is 17.6. The summed E-state index contributed by atoms with van der Waals surface area (Å²) in [5, 5.41) is 3.50. The number of benzene rings is 1. The lowest BCUT2D eigenvalue weighted by molar-refractivity contribution is 0.174. The highest BCUT2D eigenvalue weighted by Crippen LogP contribution is 2.21. The number of likely N-dealkylation sites (tertiary alicyclic amines) is 1. The highest BCUT2D eigenvalue weighted by molar-refractivity contribution is 9.10. The molecule has 4 heteroatoms. The Kier molecular flexibility index (Phi) is 6.46. The van der Waals surface area contributed by atoms with Crippen LogP contribution >= 0.6 is 15.9 Å². The lowest BCUT2D eigenvalue weighted by Crippen LogP contribution is -2.37. The summed E-state index contributed by atoms with van der Waals surface area (Å²) in [7, 11) is 0. The molecule has 1 N–H and O–H groups in total. The first-order valence-corrected chi connectivity index (χ1v) is 8.35. The summed E-state index contributed by atoms with van der Waals surface area (Å²) in [5.41, 5.74) is 0.793. The van der Waals surface area contributed by atoms with Crippen LogP contribution < -0.4 is 5.32 Å². The predicted molar refractivity (Wildman–Crippen MR) is 85.3 cm³/mol. The van der Waals surface area contributed by atoms with Gasteiger partial charge in [0.15, 0.2) is 0 Å². The van der Waals surface area contributed by atoms with Crippen LogP contribution in [0.3, 0.4) is 0 Å². The number of halogens is 2. The molecule has 2 nitrogen and oxygen atoms in total. The van der Waals surface area contributed by atoms with Crippen molar-refractivity contribution >= 4 is 15.9 Å². The molecule has 1 aliphatic heterocycles. The zero-order chi connectivity index (χ0) is 14.4. The van der Waals surface area contributed by atoms with E-state index in [1.54, 1.807) is 12.1 Å². The van der Waals surface area contributed by atoms with Gasteiger partial charge in [-0.15, -0.1) is 0 Å². The third-order valence-electron chi connectivity index (χ3n) is 3.97. The van der Waals surface area contributed by atoms with E-state index in [1.807, 2.05) is 6.07 Å². The van der Waals surface area contributed by atoms with Crippen LogP contribution in [0.2, 0.25) is 0 Å². The molecule has 1 saturated heterocycles. The van der Waals surface area contributed by atoms with Crippen molar-refractivity contribution in [1.29, 1.82) is 0 Å². The van der Waals surface area contributed by atoms with Gasteiger partial charge in [-0.3, -0.25) is 4.90 Å². The standard InChI is InChI=1S/C16H24BrFN2/c1-2-7-19-11-13-5-8-20(9-6-13)12-14-10-15(17)3-4-16(14)18/h3-4,10,13,19H,2,5-9,11-12H2,1H3. The van der Waals surface area contributed by atoms with Crippen molar-refractivity contribution in [3.8, 4) is 0 Å². The highest BCUT2D eigenvalue weighted by atomic mass is 79.9. The summed E-state index contributed by atoms with van der Waals surface area (Å²) < 4.78 is 14.7. The average molecular weight is 343 g/mol. The molecular weight excluding hydrogens is 319 g/mol. The fourth-order valence-electron chi connectivity index (χ4n) is 2.74. The fourth-order valence-corrected chi connectivity index (χ4v) is 3.15. The van der Waals surface area contributed by atoms with Crippen LogP contribution in [0.1, 0.15) is 31.7 Å². The summed E-state index contributed by atoms with van der Waals surface area (Å²) in [4.78, 5) is 2.36. The Balaban J connectivity index is 1.78. The Labute approximate surface area is 129 Å². The second-order valence-electron chi connectivity index (χ2n) is 5.66. The van der Waals surface area contributed by atoms with E-state index in [1.165, 1.54) is 19.3 Å². The van der Waals surface area contributed by atoms with Crippen molar-refractivity contribution in [1.82, 2.24) is 10.2 Å². The molecule has 1 heterocycles. The van der Waals surface area contributed by atoms with E-state index >= 15 is 0 Å². The van der Waals surface area contributed by atoms with E-state index in [0.717, 1.165) is 48.7 Å². The van der Waals surface area contributed by atoms with Crippen LogP contribution in [0.25, 0.3) is 0 Å². The van der Waals surface area contributed by atoms with Gasteiger partial charge in [-0.1, -0.05) is 22.9 Å². The average Bonchev–Trinajstić information content (AvgIpc) is 2.45. The summed E-state index contributed by atoms with van der Waals surface area (Å²) in [6, 6.07) is 5.19. The van der Waals surface area contributed by atoms with Crippen LogP contribution in [0, 0.1) is 11.7 Å². The molecule has 0 unspecified atom stereocenters. The minimum Gasteiger partial charge on any atom is -0.316 e. The molecule has 1 aromatic carbocycles. The SMILES string of the molecule is CCCNCC1CCN(Cc2cc(Br)ccc2F)CC1. The lowest BCUT2D eigenvalue weighted by Gasteiger charge is -2.32. The van der Waals surface area contributed by atoms with E-state index < -0.39 is 0 Å². The summed E-state index contributed by atoms with van der Waals surface area (Å²) in [6.07, 6.45) is 3.62. The number of piperidine rings is 1. The van der Waals surface area contributed by atoms with Gasteiger partial charge in [-0.25, -0.2) is 4.39 Å². The van der Waals surface area contributed by atoms with E-state index in [2.05, 4.69) is 33.1 Å². The fraction of sp³-hybridized carbons (Fsp3) is 0.625. The molecule has 0 aromatic heterocycles. The number of nitrogens with one attached hydrogen (secondary N) is 1. The lowest BCUT2D eigenvalue weighted by atomic mass is 9.96. The van der Waals surface area contributed by atoms with Gasteiger partial charge in [0.25, 0.3) is 0 Å². The molecule has 2 rings (SSSR count). The van der Waals surface area contributed by atoms with Crippen molar-refractivity contribution in [3.05, 3.63) is 34.1 Å². The molecule has 20 heavy (non-hydrogen) atoms. The molecule has 1 aliphatic rings. The van der Waals surface area contributed by atoms with Gasteiger partial charge in [0.05, 0.1) is 0 Å². The summed E-state index contributed by atoms with van der Waals surface area (Å²) in [6.45, 7) is 7.31. The first kappa shape index (κ1) is 15.9. The largest absolute Gasteiger partial charge is 0.316 e. The van der Waals surface area contributed by atoms with Crippen molar-refractivity contribution in [2.75, 3.05) is 26.2 Å². The molecule has 0 saturated carbocycles. The van der Waals surface area contributed by atoms with Gasteiger partial charge in [-0.05, 0) is 69.6 Å². The smallest absolute Gasteiger partial charge is 0.127 e. The Morgan fingerprint density at radius 2 is 2.10 bits per heavy atom. The van der Waals surface area contributed by atoms with Gasteiger partial charge in [0.2, 0.25) is 0 Å². The molecule has 112 valence electrons. The van der Waals surface area contributed by atoms with Gasteiger partial charge < -0.3 is 5.32 Å². The van der Waals surface area contributed by atoms with Crippen molar-refractivity contribution < 1.29 is 4.39 Å². The molecule has 0 bridgehead atoms.